The topological polar surface area (TPSA) is 39.2 Å². The number of methoxy groups -OCH3 is 1. The summed E-state index contributed by atoms with van der Waals surface area (Å²) in [5.41, 5.74) is 2.32. The van der Waals surface area contributed by atoms with E-state index in [1.54, 1.807) is 31.6 Å². The van der Waals surface area contributed by atoms with Crippen molar-refractivity contribution in [3.63, 3.8) is 0 Å². The van der Waals surface area contributed by atoms with Gasteiger partial charge in [0.15, 0.2) is 5.78 Å². The first-order valence-electron chi connectivity index (χ1n) is 5.41. The molecule has 0 N–H and O–H groups in total. The van der Waals surface area contributed by atoms with Crippen LogP contribution in [0.5, 0.6) is 5.75 Å². The molecule has 1 heterocycles. The summed E-state index contributed by atoms with van der Waals surface area (Å²) in [4.78, 5) is 15.4. The molecule has 0 amide bonds. The van der Waals surface area contributed by atoms with Crippen LogP contribution in [-0.2, 0) is 0 Å². The lowest BCUT2D eigenvalue weighted by atomic mass is 10.0. The molecule has 4 heteroatoms. The molecule has 1 aromatic heterocycles. The molecule has 2 aromatic rings. The van der Waals surface area contributed by atoms with Crippen LogP contribution in [0.15, 0.2) is 36.7 Å². The molecule has 18 heavy (non-hydrogen) atoms. The maximum atomic E-state index is 11.3. The second-order valence-electron chi connectivity index (χ2n) is 3.86. The van der Waals surface area contributed by atoms with Crippen LogP contribution in [0.25, 0.3) is 11.1 Å². The molecule has 92 valence electrons. The molecule has 0 aliphatic rings. The van der Waals surface area contributed by atoms with Crippen LogP contribution in [-0.4, -0.2) is 17.9 Å². The van der Waals surface area contributed by atoms with Crippen molar-refractivity contribution in [1.29, 1.82) is 0 Å². The van der Waals surface area contributed by atoms with Gasteiger partial charge in [-0.2, -0.15) is 0 Å². The van der Waals surface area contributed by atoms with Crippen LogP contribution in [0.2, 0.25) is 5.02 Å². The van der Waals surface area contributed by atoms with Gasteiger partial charge < -0.3 is 4.74 Å². The monoisotopic (exact) mass is 261 g/mol. The standard InChI is InChI=1S/C14H12ClNO2/c1-9(17)13-4-3-10(6-14(13)15)11-5-12(18-2)8-16-7-11/h3-8H,1-2H3. The van der Waals surface area contributed by atoms with E-state index in [1.807, 2.05) is 12.1 Å². The predicted octanol–water partition coefficient (Wildman–Crippen LogP) is 3.61. The first-order chi connectivity index (χ1) is 8.61. The highest BCUT2D eigenvalue weighted by atomic mass is 35.5. The molecule has 0 radical (unpaired) electrons. The Balaban J connectivity index is 2.45. The maximum Gasteiger partial charge on any atom is 0.161 e. The zero-order valence-electron chi connectivity index (χ0n) is 10.1. The van der Waals surface area contributed by atoms with Crippen molar-refractivity contribution in [3.8, 4) is 16.9 Å². The molecule has 3 nitrogen and oxygen atoms in total. The molecule has 1 aromatic carbocycles. The van der Waals surface area contributed by atoms with E-state index in [1.165, 1.54) is 6.92 Å². The van der Waals surface area contributed by atoms with E-state index in [2.05, 4.69) is 4.98 Å². The molecule has 0 aliphatic carbocycles. The fourth-order valence-corrected chi connectivity index (χ4v) is 1.98. The Kier molecular flexibility index (Phi) is 3.63. The van der Waals surface area contributed by atoms with Crippen LogP contribution in [0.1, 0.15) is 17.3 Å². The van der Waals surface area contributed by atoms with Gasteiger partial charge in [-0.05, 0) is 30.7 Å². The van der Waals surface area contributed by atoms with E-state index in [9.17, 15) is 4.79 Å². The second kappa shape index (κ2) is 5.19. The summed E-state index contributed by atoms with van der Waals surface area (Å²) in [6, 6.07) is 7.19. The molecule has 0 spiro atoms. The van der Waals surface area contributed by atoms with Crippen molar-refractivity contribution in [3.05, 3.63) is 47.2 Å². The number of ether oxygens (including phenoxy) is 1. The minimum absolute atomic E-state index is 0.0460. The third kappa shape index (κ3) is 2.51. The summed E-state index contributed by atoms with van der Waals surface area (Å²) in [7, 11) is 1.59. The van der Waals surface area contributed by atoms with Crippen molar-refractivity contribution in [1.82, 2.24) is 4.98 Å². The van der Waals surface area contributed by atoms with Gasteiger partial charge in [-0.15, -0.1) is 0 Å². The third-order valence-electron chi connectivity index (χ3n) is 2.63. The molecular weight excluding hydrogens is 250 g/mol. The van der Waals surface area contributed by atoms with Gasteiger partial charge in [0.2, 0.25) is 0 Å². The maximum absolute atomic E-state index is 11.3. The summed E-state index contributed by atoms with van der Waals surface area (Å²) in [6.07, 6.45) is 3.36. The van der Waals surface area contributed by atoms with Gasteiger partial charge >= 0.3 is 0 Å². The number of nitrogens with zero attached hydrogens (tertiary/aromatic N) is 1. The second-order valence-corrected chi connectivity index (χ2v) is 4.27. The van der Waals surface area contributed by atoms with Gasteiger partial charge in [0.25, 0.3) is 0 Å². The minimum Gasteiger partial charge on any atom is -0.495 e. The zero-order valence-corrected chi connectivity index (χ0v) is 10.9. The SMILES string of the molecule is COc1cncc(-c2ccc(C(C)=O)c(Cl)c2)c1. The van der Waals surface area contributed by atoms with Crippen molar-refractivity contribution in [2.75, 3.05) is 7.11 Å². The number of pyridine rings is 1. The first-order valence-corrected chi connectivity index (χ1v) is 5.79. The average molecular weight is 262 g/mol. The van der Waals surface area contributed by atoms with Crippen LogP contribution < -0.4 is 4.74 Å². The van der Waals surface area contributed by atoms with Gasteiger partial charge in [0, 0.05) is 17.3 Å². The molecule has 0 saturated heterocycles. The molecule has 0 fully saturated rings. The summed E-state index contributed by atoms with van der Waals surface area (Å²) < 4.78 is 5.12. The van der Waals surface area contributed by atoms with Gasteiger partial charge in [-0.25, -0.2) is 0 Å². The third-order valence-corrected chi connectivity index (χ3v) is 2.94. The first kappa shape index (κ1) is 12.6. The van der Waals surface area contributed by atoms with Crippen molar-refractivity contribution < 1.29 is 9.53 Å². The van der Waals surface area contributed by atoms with E-state index in [4.69, 9.17) is 16.3 Å². The molecule has 0 unspecified atom stereocenters. The Labute approximate surface area is 110 Å². The number of carbonyl (C=O) groups excluding carboxylic acids is 1. The largest absolute Gasteiger partial charge is 0.495 e. The van der Waals surface area contributed by atoms with E-state index in [0.717, 1.165) is 11.1 Å². The summed E-state index contributed by atoms with van der Waals surface area (Å²) in [6.45, 7) is 1.49. The van der Waals surface area contributed by atoms with Crippen molar-refractivity contribution >= 4 is 17.4 Å². The summed E-state index contributed by atoms with van der Waals surface area (Å²) >= 11 is 6.08. The lowest BCUT2D eigenvalue weighted by Crippen LogP contribution is -1.93. The van der Waals surface area contributed by atoms with Crippen molar-refractivity contribution in [2.24, 2.45) is 0 Å². The summed E-state index contributed by atoms with van der Waals surface area (Å²) in [5.74, 6) is 0.634. The van der Waals surface area contributed by atoms with E-state index < -0.39 is 0 Å². The fourth-order valence-electron chi connectivity index (χ4n) is 1.67. The molecule has 0 atom stereocenters. The number of aromatic nitrogens is 1. The Bertz CT molecular complexity index is 596. The van der Waals surface area contributed by atoms with Gasteiger partial charge in [-0.1, -0.05) is 17.7 Å². The number of hydrogen-bond acceptors (Lipinski definition) is 3. The normalized spacial score (nSPS) is 10.2. The van der Waals surface area contributed by atoms with Gasteiger partial charge in [0.05, 0.1) is 18.3 Å². The highest BCUT2D eigenvalue weighted by Gasteiger charge is 2.08. The minimum atomic E-state index is -0.0460. The predicted molar refractivity (Wildman–Crippen MR) is 71.2 cm³/mol. The average Bonchev–Trinajstić information content (AvgIpc) is 2.38. The van der Waals surface area contributed by atoms with E-state index in [0.29, 0.717) is 16.3 Å². The molecular formula is C14H12ClNO2. The fraction of sp³-hybridized carbons (Fsp3) is 0.143. The molecule has 0 saturated carbocycles. The lowest BCUT2D eigenvalue weighted by Gasteiger charge is -2.06. The van der Waals surface area contributed by atoms with Crippen LogP contribution >= 0.6 is 11.6 Å². The number of halogens is 1. The van der Waals surface area contributed by atoms with Crippen LogP contribution in [0, 0.1) is 0 Å². The summed E-state index contributed by atoms with van der Waals surface area (Å²) in [5, 5.41) is 0.447. The Morgan fingerprint density at radius 2 is 2.00 bits per heavy atom. The van der Waals surface area contributed by atoms with Gasteiger partial charge in [-0.3, -0.25) is 9.78 Å². The quantitative estimate of drug-likeness (QED) is 0.793. The zero-order chi connectivity index (χ0) is 13.1. The Morgan fingerprint density at radius 1 is 1.22 bits per heavy atom. The number of hydrogen-bond donors (Lipinski definition) is 0. The number of rotatable bonds is 3. The number of benzene rings is 1. The highest BCUT2D eigenvalue weighted by Crippen LogP contribution is 2.27. The molecule has 0 aliphatic heterocycles. The highest BCUT2D eigenvalue weighted by molar-refractivity contribution is 6.34. The Morgan fingerprint density at radius 3 is 2.61 bits per heavy atom. The van der Waals surface area contributed by atoms with Crippen molar-refractivity contribution in [2.45, 2.75) is 6.92 Å². The van der Waals surface area contributed by atoms with Gasteiger partial charge in [0.1, 0.15) is 5.75 Å². The Hall–Kier alpha value is -1.87. The van der Waals surface area contributed by atoms with Crippen LogP contribution in [0.4, 0.5) is 0 Å². The number of ketones is 1. The molecule has 2 rings (SSSR count). The van der Waals surface area contributed by atoms with E-state index >= 15 is 0 Å². The smallest absolute Gasteiger partial charge is 0.161 e. The van der Waals surface area contributed by atoms with E-state index in [-0.39, 0.29) is 5.78 Å². The number of Topliss-reactive ketones (excluding diaryl/α,β-unsaturated/α-hetero) is 1. The molecule has 0 bridgehead atoms. The van der Waals surface area contributed by atoms with Crippen LogP contribution in [0.3, 0.4) is 0 Å². The number of carbonyl (C=O) groups is 1. The lowest BCUT2D eigenvalue weighted by molar-refractivity contribution is 0.101.